The Morgan fingerprint density at radius 2 is 2.31 bits per heavy atom. The molecule has 0 spiro atoms. The maximum Gasteiger partial charge on any atom is 0.0402 e. The van der Waals surface area contributed by atoms with Crippen LogP contribution < -0.4 is 5.32 Å². The van der Waals surface area contributed by atoms with E-state index >= 15 is 0 Å². The molecule has 1 fully saturated rings. The summed E-state index contributed by atoms with van der Waals surface area (Å²) in [5.41, 5.74) is 2.46. The van der Waals surface area contributed by atoms with Crippen LogP contribution in [0.2, 0.25) is 0 Å². The minimum Gasteiger partial charge on any atom is -0.382 e. The lowest BCUT2D eigenvalue weighted by atomic mass is 10.2. The van der Waals surface area contributed by atoms with E-state index in [9.17, 15) is 0 Å². The highest BCUT2D eigenvalue weighted by atomic mass is 14.9. The number of nitrogens with one attached hydrogen (secondary N) is 1. The minimum atomic E-state index is 0.612. The number of pyridine rings is 1. The molecule has 1 atom stereocenters. The molecular weight excluding hydrogens is 160 g/mol. The maximum absolute atomic E-state index is 4.07. The summed E-state index contributed by atoms with van der Waals surface area (Å²) in [6, 6.07) is 2.66. The Kier molecular flexibility index (Phi) is 2.21. The first-order chi connectivity index (χ1) is 6.27. The van der Waals surface area contributed by atoms with Crippen LogP contribution in [0.4, 0.5) is 5.69 Å². The first kappa shape index (κ1) is 8.54. The number of aryl methyl sites for hydroxylation is 1. The van der Waals surface area contributed by atoms with Gasteiger partial charge in [-0.05, 0) is 44.2 Å². The van der Waals surface area contributed by atoms with Gasteiger partial charge in [-0.2, -0.15) is 0 Å². The van der Waals surface area contributed by atoms with Crippen molar-refractivity contribution in [2.45, 2.75) is 32.7 Å². The van der Waals surface area contributed by atoms with E-state index < -0.39 is 0 Å². The van der Waals surface area contributed by atoms with E-state index in [1.54, 1.807) is 0 Å². The third kappa shape index (κ3) is 2.00. The molecule has 0 aliphatic heterocycles. The topological polar surface area (TPSA) is 24.9 Å². The Hall–Kier alpha value is -1.05. The molecule has 0 amide bonds. The second-order valence-corrected chi connectivity index (χ2v) is 3.96. The van der Waals surface area contributed by atoms with Crippen molar-refractivity contribution in [1.82, 2.24) is 4.98 Å². The number of hydrogen-bond donors (Lipinski definition) is 1. The number of hydrogen-bond acceptors (Lipinski definition) is 2. The lowest BCUT2D eigenvalue weighted by molar-refractivity contribution is 0.693. The Balaban J connectivity index is 2.03. The summed E-state index contributed by atoms with van der Waals surface area (Å²) >= 11 is 0. The largest absolute Gasteiger partial charge is 0.382 e. The Morgan fingerprint density at radius 1 is 1.54 bits per heavy atom. The second-order valence-electron chi connectivity index (χ2n) is 3.96. The van der Waals surface area contributed by atoms with Crippen molar-refractivity contribution < 1.29 is 0 Å². The first-order valence-corrected chi connectivity index (χ1v) is 4.94. The fourth-order valence-corrected chi connectivity index (χ4v) is 1.59. The highest BCUT2D eigenvalue weighted by Gasteiger charge is 2.27. The van der Waals surface area contributed by atoms with Crippen LogP contribution in [-0.2, 0) is 0 Å². The van der Waals surface area contributed by atoms with Gasteiger partial charge in [-0.25, -0.2) is 0 Å². The summed E-state index contributed by atoms with van der Waals surface area (Å²) in [6.07, 6.45) is 6.52. The van der Waals surface area contributed by atoms with E-state index in [1.165, 1.54) is 24.1 Å². The zero-order valence-electron chi connectivity index (χ0n) is 8.25. The highest BCUT2D eigenvalue weighted by Crippen LogP contribution is 2.34. The fraction of sp³-hybridized carbons (Fsp3) is 0.545. The lowest BCUT2D eigenvalue weighted by Crippen LogP contribution is -2.17. The zero-order chi connectivity index (χ0) is 9.26. The molecule has 1 N–H and O–H groups in total. The van der Waals surface area contributed by atoms with Crippen molar-refractivity contribution in [2.24, 2.45) is 5.92 Å². The van der Waals surface area contributed by atoms with Crippen LogP contribution in [0.3, 0.4) is 0 Å². The van der Waals surface area contributed by atoms with Crippen LogP contribution in [0.5, 0.6) is 0 Å². The average molecular weight is 176 g/mol. The monoisotopic (exact) mass is 176 g/mol. The van der Waals surface area contributed by atoms with Crippen molar-refractivity contribution in [3.8, 4) is 0 Å². The van der Waals surface area contributed by atoms with Crippen molar-refractivity contribution in [3.05, 3.63) is 24.0 Å². The van der Waals surface area contributed by atoms with E-state index in [0.29, 0.717) is 6.04 Å². The summed E-state index contributed by atoms with van der Waals surface area (Å²) in [5, 5.41) is 3.53. The summed E-state index contributed by atoms with van der Waals surface area (Å²) in [7, 11) is 0. The summed E-state index contributed by atoms with van der Waals surface area (Å²) in [4.78, 5) is 4.07. The molecule has 1 aliphatic rings. The molecule has 0 radical (unpaired) electrons. The summed E-state index contributed by atoms with van der Waals surface area (Å²) in [6.45, 7) is 4.35. The van der Waals surface area contributed by atoms with Crippen LogP contribution in [-0.4, -0.2) is 11.0 Å². The number of nitrogens with zero attached hydrogens (tertiary/aromatic N) is 1. The normalized spacial score (nSPS) is 18.3. The van der Waals surface area contributed by atoms with E-state index in [-0.39, 0.29) is 0 Å². The van der Waals surface area contributed by atoms with Crippen LogP contribution in [0, 0.1) is 12.8 Å². The summed E-state index contributed by atoms with van der Waals surface area (Å²) in [5.74, 6) is 0.896. The highest BCUT2D eigenvalue weighted by molar-refractivity contribution is 5.49. The molecule has 13 heavy (non-hydrogen) atoms. The minimum absolute atomic E-state index is 0.612. The van der Waals surface area contributed by atoms with Gasteiger partial charge >= 0.3 is 0 Å². The molecule has 0 saturated heterocycles. The summed E-state index contributed by atoms with van der Waals surface area (Å²) < 4.78 is 0. The van der Waals surface area contributed by atoms with E-state index in [2.05, 4.69) is 24.1 Å². The molecule has 1 aromatic heterocycles. The SMILES string of the molecule is Cc1cnccc1NC(C)C1CC1. The fourth-order valence-electron chi connectivity index (χ4n) is 1.59. The smallest absolute Gasteiger partial charge is 0.0402 e. The zero-order valence-corrected chi connectivity index (χ0v) is 8.25. The van der Waals surface area contributed by atoms with Crippen molar-refractivity contribution in [3.63, 3.8) is 0 Å². The molecule has 1 unspecified atom stereocenters. The number of anilines is 1. The molecular formula is C11H16N2. The molecule has 0 aromatic carbocycles. The van der Waals surface area contributed by atoms with Gasteiger partial charge in [-0.1, -0.05) is 0 Å². The predicted molar refractivity (Wildman–Crippen MR) is 54.8 cm³/mol. The van der Waals surface area contributed by atoms with Crippen molar-refractivity contribution >= 4 is 5.69 Å². The Bertz CT molecular complexity index is 292. The third-order valence-corrected chi connectivity index (χ3v) is 2.73. The van der Waals surface area contributed by atoms with Crippen LogP contribution in [0.1, 0.15) is 25.3 Å². The Morgan fingerprint density at radius 3 is 2.92 bits per heavy atom. The van der Waals surface area contributed by atoms with E-state index in [1.807, 2.05) is 18.5 Å². The molecule has 0 bridgehead atoms. The second kappa shape index (κ2) is 3.36. The van der Waals surface area contributed by atoms with Crippen LogP contribution in [0.25, 0.3) is 0 Å². The molecule has 70 valence electrons. The molecule has 1 aromatic rings. The van der Waals surface area contributed by atoms with Crippen molar-refractivity contribution in [2.75, 3.05) is 5.32 Å². The van der Waals surface area contributed by atoms with Gasteiger partial charge in [-0.3, -0.25) is 4.98 Å². The first-order valence-electron chi connectivity index (χ1n) is 4.94. The molecule has 2 nitrogen and oxygen atoms in total. The quantitative estimate of drug-likeness (QED) is 0.765. The van der Waals surface area contributed by atoms with Crippen LogP contribution in [0.15, 0.2) is 18.5 Å². The van der Waals surface area contributed by atoms with Gasteiger partial charge in [0.1, 0.15) is 0 Å². The third-order valence-electron chi connectivity index (χ3n) is 2.73. The standard InChI is InChI=1S/C11H16N2/c1-8-7-12-6-5-11(8)13-9(2)10-3-4-10/h5-7,9-10H,3-4H2,1-2H3,(H,12,13). The molecule has 2 heteroatoms. The predicted octanol–water partition coefficient (Wildman–Crippen LogP) is 2.60. The molecule has 1 aliphatic carbocycles. The lowest BCUT2D eigenvalue weighted by Gasteiger charge is -2.15. The van der Waals surface area contributed by atoms with Gasteiger partial charge in [-0.15, -0.1) is 0 Å². The van der Waals surface area contributed by atoms with E-state index in [0.717, 1.165) is 5.92 Å². The van der Waals surface area contributed by atoms with Crippen LogP contribution >= 0.6 is 0 Å². The van der Waals surface area contributed by atoms with E-state index in [4.69, 9.17) is 0 Å². The average Bonchev–Trinajstić information content (AvgIpc) is 2.91. The van der Waals surface area contributed by atoms with Gasteiger partial charge in [0, 0.05) is 24.1 Å². The molecule has 1 heterocycles. The van der Waals surface area contributed by atoms with Gasteiger partial charge in [0.25, 0.3) is 0 Å². The molecule has 2 rings (SSSR count). The number of rotatable bonds is 3. The number of aromatic nitrogens is 1. The van der Waals surface area contributed by atoms with Gasteiger partial charge in [0.2, 0.25) is 0 Å². The maximum atomic E-state index is 4.07. The van der Waals surface area contributed by atoms with Gasteiger partial charge < -0.3 is 5.32 Å². The van der Waals surface area contributed by atoms with Gasteiger partial charge in [0.15, 0.2) is 0 Å². The molecule has 1 saturated carbocycles. The van der Waals surface area contributed by atoms with Crippen molar-refractivity contribution in [1.29, 1.82) is 0 Å². The Labute approximate surface area is 79.4 Å². The van der Waals surface area contributed by atoms with Gasteiger partial charge in [0.05, 0.1) is 0 Å².